The van der Waals surface area contributed by atoms with Crippen LogP contribution in [0.3, 0.4) is 0 Å². The van der Waals surface area contributed by atoms with Gasteiger partial charge in [-0.15, -0.1) is 0 Å². The molecule has 0 saturated heterocycles. The summed E-state index contributed by atoms with van der Waals surface area (Å²) in [5.74, 6) is 0.0580. The molecular weight excluding hydrogens is 341 g/mol. The Bertz CT molecular complexity index is 523. The second-order valence-electron chi connectivity index (χ2n) is 5.68. The van der Waals surface area contributed by atoms with Gasteiger partial charge in [-0.3, -0.25) is 9.00 Å². The van der Waals surface area contributed by atoms with E-state index in [1.165, 1.54) is 12.8 Å². The molecule has 1 amide bonds. The Kier molecular flexibility index (Phi) is 7.19. The Labute approximate surface area is 144 Å². The number of amides is 1. The fraction of sp³-hybridized carbons (Fsp3) is 0.562. The SMILES string of the molecule is O=C(CS(=O)Cc1c(Cl)cccc1Cl)NC1CCCCCC1. The Hall–Kier alpha value is -0.580. The summed E-state index contributed by atoms with van der Waals surface area (Å²) in [6.07, 6.45) is 6.84. The van der Waals surface area contributed by atoms with Crippen molar-refractivity contribution in [1.82, 2.24) is 5.32 Å². The van der Waals surface area contributed by atoms with Crippen molar-refractivity contribution in [2.24, 2.45) is 0 Å². The van der Waals surface area contributed by atoms with Gasteiger partial charge in [-0.25, -0.2) is 0 Å². The van der Waals surface area contributed by atoms with E-state index in [1.54, 1.807) is 18.2 Å². The Morgan fingerprint density at radius 3 is 2.32 bits per heavy atom. The lowest BCUT2D eigenvalue weighted by molar-refractivity contribution is -0.119. The molecule has 0 aliphatic heterocycles. The summed E-state index contributed by atoms with van der Waals surface area (Å²) >= 11 is 12.1. The van der Waals surface area contributed by atoms with Crippen LogP contribution in [0.25, 0.3) is 0 Å². The van der Waals surface area contributed by atoms with E-state index in [9.17, 15) is 9.00 Å². The fourth-order valence-electron chi connectivity index (χ4n) is 2.72. The van der Waals surface area contributed by atoms with Crippen LogP contribution in [0.4, 0.5) is 0 Å². The first-order valence-corrected chi connectivity index (χ1v) is 9.88. The van der Waals surface area contributed by atoms with Gasteiger partial charge in [0.1, 0.15) is 5.75 Å². The number of carbonyl (C=O) groups is 1. The maximum Gasteiger partial charge on any atom is 0.232 e. The van der Waals surface area contributed by atoms with Crippen molar-refractivity contribution in [2.45, 2.75) is 50.3 Å². The zero-order valence-corrected chi connectivity index (χ0v) is 14.8. The molecule has 1 unspecified atom stereocenters. The summed E-state index contributed by atoms with van der Waals surface area (Å²) in [5.41, 5.74) is 0.645. The van der Waals surface area contributed by atoms with Gasteiger partial charge in [0.15, 0.2) is 0 Å². The zero-order valence-electron chi connectivity index (χ0n) is 12.4. The number of benzene rings is 1. The van der Waals surface area contributed by atoms with Crippen LogP contribution in [0.2, 0.25) is 10.0 Å². The predicted molar refractivity (Wildman–Crippen MR) is 92.8 cm³/mol. The zero-order chi connectivity index (χ0) is 15.9. The molecule has 122 valence electrons. The van der Waals surface area contributed by atoms with Gasteiger partial charge in [0.2, 0.25) is 5.91 Å². The van der Waals surface area contributed by atoms with Crippen LogP contribution in [0.1, 0.15) is 44.1 Å². The van der Waals surface area contributed by atoms with E-state index in [0.717, 1.165) is 25.7 Å². The summed E-state index contributed by atoms with van der Waals surface area (Å²) in [5, 5.41) is 3.99. The van der Waals surface area contributed by atoms with Crippen LogP contribution in [-0.2, 0) is 21.3 Å². The molecule has 1 N–H and O–H groups in total. The number of halogens is 2. The van der Waals surface area contributed by atoms with Gasteiger partial charge in [-0.05, 0) is 25.0 Å². The van der Waals surface area contributed by atoms with E-state index in [-0.39, 0.29) is 23.5 Å². The van der Waals surface area contributed by atoms with E-state index in [4.69, 9.17) is 23.2 Å². The van der Waals surface area contributed by atoms with Gasteiger partial charge in [-0.2, -0.15) is 0 Å². The van der Waals surface area contributed by atoms with Gasteiger partial charge in [0.25, 0.3) is 0 Å². The van der Waals surface area contributed by atoms with Crippen LogP contribution in [0, 0.1) is 0 Å². The molecule has 1 aliphatic carbocycles. The second kappa shape index (κ2) is 8.90. The highest BCUT2D eigenvalue weighted by Crippen LogP contribution is 2.25. The molecule has 0 aromatic heterocycles. The van der Waals surface area contributed by atoms with Crippen LogP contribution >= 0.6 is 23.2 Å². The molecule has 6 heteroatoms. The van der Waals surface area contributed by atoms with Gasteiger partial charge >= 0.3 is 0 Å². The Morgan fingerprint density at radius 2 is 1.73 bits per heavy atom. The number of carbonyl (C=O) groups excluding carboxylic acids is 1. The average molecular weight is 362 g/mol. The molecule has 22 heavy (non-hydrogen) atoms. The van der Waals surface area contributed by atoms with Gasteiger partial charge in [0, 0.05) is 32.5 Å². The van der Waals surface area contributed by atoms with Gasteiger partial charge in [0.05, 0.1) is 5.75 Å². The van der Waals surface area contributed by atoms with Crippen LogP contribution in [-0.4, -0.2) is 21.9 Å². The number of hydrogen-bond acceptors (Lipinski definition) is 2. The molecule has 1 aromatic carbocycles. The van der Waals surface area contributed by atoms with Crippen LogP contribution < -0.4 is 5.32 Å². The van der Waals surface area contributed by atoms with Crippen molar-refractivity contribution in [3.05, 3.63) is 33.8 Å². The van der Waals surface area contributed by atoms with Crippen molar-refractivity contribution in [3.8, 4) is 0 Å². The van der Waals surface area contributed by atoms with Crippen molar-refractivity contribution < 1.29 is 9.00 Å². The fourth-order valence-corrected chi connectivity index (χ4v) is 4.52. The quantitative estimate of drug-likeness (QED) is 0.803. The molecule has 3 nitrogen and oxygen atoms in total. The molecule has 1 saturated carbocycles. The highest BCUT2D eigenvalue weighted by molar-refractivity contribution is 7.84. The molecule has 0 bridgehead atoms. The third-order valence-electron chi connectivity index (χ3n) is 3.88. The molecule has 1 aromatic rings. The summed E-state index contributed by atoms with van der Waals surface area (Å²) < 4.78 is 12.2. The Morgan fingerprint density at radius 1 is 1.14 bits per heavy atom. The molecule has 2 rings (SSSR count). The van der Waals surface area contributed by atoms with Gasteiger partial charge < -0.3 is 5.32 Å². The first-order valence-electron chi connectivity index (χ1n) is 7.63. The lowest BCUT2D eigenvalue weighted by atomic mass is 10.1. The molecule has 1 fully saturated rings. The van der Waals surface area contributed by atoms with Crippen LogP contribution in [0.15, 0.2) is 18.2 Å². The lowest BCUT2D eigenvalue weighted by Gasteiger charge is -2.16. The monoisotopic (exact) mass is 361 g/mol. The topological polar surface area (TPSA) is 46.2 Å². The molecule has 1 aliphatic rings. The summed E-state index contributed by atoms with van der Waals surface area (Å²) in [4.78, 5) is 12.0. The van der Waals surface area contributed by atoms with Gasteiger partial charge in [-0.1, -0.05) is 55.0 Å². The first-order chi connectivity index (χ1) is 10.6. The molecule has 0 radical (unpaired) electrons. The maximum absolute atomic E-state index is 12.2. The van der Waals surface area contributed by atoms with Crippen molar-refractivity contribution in [1.29, 1.82) is 0 Å². The summed E-state index contributed by atoms with van der Waals surface area (Å²) in [7, 11) is -1.31. The summed E-state index contributed by atoms with van der Waals surface area (Å²) in [6.45, 7) is 0. The predicted octanol–water partition coefficient (Wildman–Crippen LogP) is 4.08. The lowest BCUT2D eigenvalue weighted by Crippen LogP contribution is -2.37. The molecule has 0 spiro atoms. The molecule has 1 atom stereocenters. The van der Waals surface area contributed by atoms with Crippen molar-refractivity contribution >= 4 is 39.9 Å². The highest BCUT2D eigenvalue weighted by Gasteiger charge is 2.17. The van der Waals surface area contributed by atoms with E-state index in [2.05, 4.69) is 5.32 Å². The van der Waals surface area contributed by atoms with E-state index in [0.29, 0.717) is 15.6 Å². The summed E-state index contributed by atoms with van der Waals surface area (Å²) in [6, 6.07) is 5.41. The second-order valence-corrected chi connectivity index (χ2v) is 7.96. The standard InChI is InChI=1S/C16H21Cl2NO2S/c17-14-8-5-9-15(18)13(14)10-22(21)11-16(20)19-12-6-3-1-2-4-7-12/h5,8-9,12H,1-4,6-7,10-11H2,(H,19,20). The normalized spacial score (nSPS) is 17.7. The minimum absolute atomic E-state index is 0.00193. The minimum atomic E-state index is -1.31. The third-order valence-corrected chi connectivity index (χ3v) is 5.78. The number of hydrogen-bond donors (Lipinski definition) is 1. The molecule has 0 heterocycles. The Balaban J connectivity index is 1.84. The third kappa shape index (κ3) is 5.56. The molecular formula is C16H21Cl2NO2S. The minimum Gasteiger partial charge on any atom is -0.353 e. The maximum atomic E-state index is 12.2. The van der Waals surface area contributed by atoms with E-state index < -0.39 is 10.8 Å². The first kappa shape index (κ1) is 17.8. The highest BCUT2D eigenvalue weighted by atomic mass is 35.5. The number of nitrogens with one attached hydrogen (secondary N) is 1. The largest absolute Gasteiger partial charge is 0.353 e. The average Bonchev–Trinajstić information content (AvgIpc) is 2.71. The van der Waals surface area contributed by atoms with E-state index in [1.807, 2.05) is 0 Å². The van der Waals surface area contributed by atoms with Crippen molar-refractivity contribution in [2.75, 3.05) is 5.75 Å². The van der Waals surface area contributed by atoms with E-state index >= 15 is 0 Å². The van der Waals surface area contributed by atoms with Crippen LogP contribution in [0.5, 0.6) is 0 Å². The van der Waals surface area contributed by atoms with Crippen molar-refractivity contribution in [3.63, 3.8) is 0 Å². The number of rotatable bonds is 5. The smallest absolute Gasteiger partial charge is 0.232 e.